The lowest BCUT2D eigenvalue weighted by atomic mass is 9.92. The molecule has 1 saturated heterocycles. The highest BCUT2D eigenvalue weighted by molar-refractivity contribution is 7.09. The van der Waals surface area contributed by atoms with Gasteiger partial charge in [-0.25, -0.2) is 14.7 Å². The molecule has 42 heavy (non-hydrogen) atoms. The molecule has 11 nitrogen and oxygen atoms in total. The number of likely N-dealkylation sites (tertiary alicyclic amines) is 1. The van der Waals surface area contributed by atoms with Crippen LogP contribution < -0.4 is 5.43 Å². The van der Waals surface area contributed by atoms with Crippen molar-refractivity contribution in [2.45, 2.75) is 124 Å². The van der Waals surface area contributed by atoms with E-state index in [-0.39, 0.29) is 42.1 Å². The van der Waals surface area contributed by atoms with Crippen molar-refractivity contribution < 1.29 is 29.1 Å². The van der Waals surface area contributed by atoms with Crippen LogP contribution in [0.2, 0.25) is 0 Å². The number of unbranched alkanes of at least 4 members (excludes halogenated alkanes) is 3. The number of esters is 1. The third kappa shape index (κ3) is 10.3. The van der Waals surface area contributed by atoms with Gasteiger partial charge in [0.2, 0.25) is 0 Å². The van der Waals surface area contributed by atoms with Crippen LogP contribution >= 0.6 is 11.3 Å². The summed E-state index contributed by atoms with van der Waals surface area (Å²) < 4.78 is 5.67. The Balaban J connectivity index is 2.43. The fourth-order valence-corrected chi connectivity index (χ4v) is 6.31. The number of carbonyl (C=O) groups excluding carboxylic acids is 2. The fourth-order valence-electron chi connectivity index (χ4n) is 5.48. The first kappa shape index (κ1) is 35.6. The summed E-state index contributed by atoms with van der Waals surface area (Å²) >= 11 is 1.13. The molecular formula is C30H52N5O6S+. The molecule has 1 aliphatic rings. The minimum Gasteiger partial charge on any atom is -0.476 e. The normalized spacial score (nSPS) is 18.6. The first-order valence-electron chi connectivity index (χ1n) is 15.5. The average Bonchev–Trinajstić information content (AvgIpc) is 3.44. The van der Waals surface area contributed by atoms with Crippen molar-refractivity contribution in [3.8, 4) is 0 Å². The molecule has 12 heteroatoms. The highest BCUT2D eigenvalue weighted by atomic mass is 32.1. The van der Waals surface area contributed by atoms with E-state index in [1.807, 2.05) is 44.5 Å². The number of piperidine rings is 1. The second kappa shape index (κ2) is 17.5. The fraction of sp³-hybridized carbons (Fsp3) is 0.800. The van der Waals surface area contributed by atoms with Gasteiger partial charge >= 0.3 is 11.9 Å². The molecule has 0 aromatic carbocycles. The smallest absolute Gasteiger partial charge is 0.355 e. The van der Waals surface area contributed by atoms with Crippen LogP contribution in [-0.2, 0) is 14.3 Å². The van der Waals surface area contributed by atoms with Gasteiger partial charge in [0.25, 0.3) is 12.1 Å². The molecule has 0 spiro atoms. The van der Waals surface area contributed by atoms with Crippen LogP contribution in [0.4, 0.5) is 0 Å². The molecule has 1 fully saturated rings. The van der Waals surface area contributed by atoms with E-state index in [1.165, 1.54) is 12.3 Å². The zero-order valence-electron chi connectivity index (χ0n) is 26.5. The molecule has 0 radical (unpaired) electrons. The molecule has 1 aromatic rings. The molecule has 0 bridgehead atoms. The molecule has 1 amide bonds. The van der Waals surface area contributed by atoms with Crippen LogP contribution in [0.25, 0.3) is 0 Å². The van der Waals surface area contributed by atoms with Crippen molar-refractivity contribution in [2.75, 3.05) is 20.1 Å². The van der Waals surface area contributed by atoms with Crippen LogP contribution in [-0.4, -0.2) is 81.0 Å². The van der Waals surface area contributed by atoms with Crippen LogP contribution in [0.1, 0.15) is 121 Å². The number of amides is 1. The van der Waals surface area contributed by atoms with Crippen LogP contribution in [0.5, 0.6) is 0 Å². The number of nitrogens with zero attached hydrogens (tertiary/aromatic N) is 4. The Labute approximate surface area is 254 Å². The Kier molecular flexibility index (Phi) is 14.8. The summed E-state index contributed by atoms with van der Waals surface area (Å²) in [5.41, 5.74) is 2.95. The molecule has 0 unspecified atom stereocenters. The van der Waals surface area contributed by atoms with E-state index in [0.717, 1.165) is 67.7 Å². The van der Waals surface area contributed by atoms with Gasteiger partial charge in [-0.2, -0.15) is 0 Å². The van der Waals surface area contributed by atoms with Gasteiger partial charge in [0.1, 0.15) is 9.88 Å². The number of ether oxygens (including phenoxy) is 1. The Hall–Kier alpha value is -2.60. The Morgan fingerprint density at radius 1 is 1.21 bits per heavy atom. The van der Waals surface area contributed by atoms with Gasteiger partial charge in [-0.1, -0.05) is 60.3 Å². The number of hydrazine groups is 1. The van der Waals surface area contributed by atoms with Crippen molar-refractivity contribution >= 4 is 29.2 Å². The molecule has 238 valence electrons. The maximum atomic E-state index is 14.5. The largest absolute Gasteiger partial charge is 0.476 e. The van der Waals surface area contributed by atoms with Crippen molar-refractivity contribution in [3.63, 3.8) is 0 Å². The highest BCUT2D eigenvalue weighted by Crippen LogP contribution is 2.32. The maximum absolute atomic E-state index is 14.5. The molecule has 1 aliphatic heterocycles. The summed E-state index contributed by atoms with van der Waals surface area (Å²) in [4.78, 5) is 60.4. The third-order valence-corrected chi connectivity index (χ3v) is 9.17. The van der Waals surface area contributed by atoms with Gasteiger partial charge < -0.3 is 14.7 Å². The molecule has 0 aliphatic carbocycles. The average molecular weight is 611 g/mol. The summed E-state index contributed by atoms with van der Waals surface area (Å²) in [7, 11) is 1.94. The van der Waals surface area contributed by atoms with Crippen LogP contribution in [0, 0.1) is 16.7 Å². The highest BCUT2D eigenvalue weighted by Gasteiger charge is 2.41. The first-order chi connectivity index (χ1) is 19.9. The monoisotopic (exact) mass is 610 g/mol. The third-order valence-electron chi connectivity index (χ3n) is 8.23. The topological polar surface area (TPSA) is 132 Å². The summed E-state index contributed by atoms with van der Waals surface area (Å²) in [5.74, 6) is -1.92. The number of hydrogen-bond acceptors (Lipinski definition) is 8. The number of aromatic nitrogens is 1. The number of hydrogen-bond donors (Lipinski definition) is 2. The number of nitrogens with one attached hydrogen (secondary N) is 1. The zero-order chi connectivity index (χ0) is 31.4. The quantitative estimate of drug-likeness (QED) is 0.0969. The molecule has 1 aromatic heterocycles. The number of aromatic carboxylic acids is 1. The molecule has 2 N–H and O–H groups in total. The number of rotatable bonds is 18. The summed E-state index contributed by atoms with van der Waals surface area (Å²) in [6.07, 6.45) is 6.47. The van der Waals surface area contributed by atoms with Crippen molar-refractivity contribution in [3.05, 3.63) is 21.0 Å². The summed E-state index contributed by atoms with van der Waals surface area (Å²) in [6.45, 7) is 12.8. The second-order valence-corrected chi connectivity index (χ2v) is 12.8. The van der Waals surface area contributed by atoms with Gasteiger partial charge in [-0.3, -0.25) is 9.59 Å². The van der Waals surface area contributed by atoms with Gasteiger partial charge in [0, 0.05) is 44.3 Å². The van der Waals surface area contributed by atoms with E-state index in [2.05, 4.69) is 17.3 Å². The van der Waals surface area contributed by atoms with E-state index in [0.29, 0.717) is 18.0 Å². The number of thiazole rings is 1. The van der Waals surface area contributed by atoms with E-state index < -0.39 is 24.1 Å². The van der Waals surface area contributed by atoms with Gasteiger partial charge in [-0.15, -0.1) is 16.8 Å². The minimum absolute atomic E-state index is 0.0116. The van der Waals surface area contributed by atoms with Gasteiger partial charge in [-0.05, 0) is 38.1 Å². The molecule has 2 rings (SSSR count). The van der Waals surface area contributed by atoms with E-state index >= 15 is 0 Å². The maximum Gasteiger partial charge on any atom is 0.355 e. The van der Waals surface area contributed by atoms with Crippen molar-refractivity contribution in [1.82, 2.24) is 20.2 Å². The summed E-state index contributed by atoms with van der Waals surface area (Å²) in [5, 5.41) is 11.2. The Morgan fingerprint density at radius 2 is 1.93 bits per heavy atom. The number of carbonyl (C=O) groups is 3. The number of carboxylic acids is 1. The number of carboxylic acid groups (broad SMARTS) is 1. The predicted octanol–water partition coefficient (Wildman–Crippen LogP) is 5.41. The lowest BCUT2D eigenvalue weighted by Gasteiger charge is -2.38. The van der Waals surface area contributed by atoms with Crippen molar-refractivity contribution in [2.24, 2.45) is 11.8 Å². The van der Waals surface area contributed by atoms with Gasteiger partial charge in [0.05, 0.1) is 4.91 Å². The number of nitroso groups, excluding NO2 is 1. The minimum atomic E-state index is -1.15. The SMILES string of the molecule is CCCCCCN(C(=O)[C@@H](N[N+](=O)[C@H]1CCCCN1C)[C@@H](C)CC)[C@H](C[C@@H](OC(C)=O)c1nc(C(=O)O)cs1)C(C)C. The zero-order valence-corrected chi connectivity index (χ0v) is 27.3. The van der Waals surface area contributed by atoms with Crippen LogP contribution in [0.3, 0.4) is 0 Å². The summed E-state index contributed by atoms with van der Waals surface area (Å²) in [6, 6.07) is -1.06. The second-order valence-electron chi connectivity index (χ2n) is 11.9. The Bertz CT molecular complexity index is 1030. The Morgan fingerprint density at radius 3 is 2.48 bits per heavy atom. The van der Waals surface area contributed by atoms with E-state index in [1.54, 1.807) is 0 Å². The van der Waals surface area contributed by atoms with Crippen LogP contribution in [0.15, 0.2) is 5.38 Å². The predicted molar refractivity (Wildman–Crippen MR) is 163 cm³/mol. The molecular weight excluding hydrogens is 558 g/mol. The lowest BCUT2D eigenvalue weighted by molar-refractivity contribution is -0.666. The van der Waals surface area contributed by atoms with E-state index in [9.17, 15) is 24.4 Å². The van der Waals surface area contributed by atoms with E-state index in [4.69, 9.17) is 4.74 Å². The lowest BCUT2D eigenvalue weighted by Crippen LogP contribution is -2.59. The first-order valence-corrected chi connectivity index (χ1v) is 16.4. The molecule has 5 atom stereocenters. The van der Waals surface area contributed by atoms with Gasteiger partial charge in [0.15, 0.2) is 17.8 Å². The van der Waals surface area contributed by atoms with Crippen molar-refractivity contribution in [1.29, 1.82) is 0 Å². The molecule has 0 saturated carbocycles. The standard InChI is InChI=1S/C30H51N5O6S/c1-8-10-11-13-17-34(29(37)27(21(5)9-2)32-35(40)26-15-12-14-16-33(26)7)24(20(3)4)18-25(41-22(6)36)28-31-23(19-42-28)30(38)39/h19-21,24-27H,8-18H2,1-7H3,(H-,32,38,39,40)/p+1/t21-,24+,25+,26-,27-/m0/s1. The molecule has 2 heterocycles.